The second kappa shape index (κ2) is 9.64. The number of hydrogen-bond donors (Lipinski definition) is 4. The van der Waals surface area contributed by atoms with Gasteiger partial charge in [0.2, 0.25) is 0 Å². The lowest BCUT2D eigenvalue weighted by atomic mass is 10.0. The van der Waals surface area contributed by atoms with E-state index in [1.54, 1.807) is 24.3 Å². The minimum Gasteiger partial charge on any atom is -0.512 e. The molecule has 0 amide bonds. The van der Waals surface area contributed by atoms with E-state index in [-0.39, 0.29) is 42.5 Å². The Bertz CT molecular complexity index is 825. The van der Waals surface area contributed by atoms with Crippen LogP contribution in [-0.2, 0) is 24.2 Å². The average Bonchev–Trinajstić information content (AvgIpc) is 2.66. The Hall–Kier alpha value is -2.99. The minimum atomic E-state index is -0.262. The van der Waals surface area contributed by atoms with E-state index < -0.39 is 0 Å². The topological polar surface area (TPSA) is 107 Å². The molecule has 6 heteroatoms. The predicted molar refractivity (Wildman–Crippen MR) is 101 cm³/mol. The van der Waals surface area contributed by atoms with Crippen LogP contribution in [0.15, 0.2) is 48.2 Å². The van der Waals surface area contributed by atoms with E-state index in [1.165, 1.54) is 25.3 Å². The third-order valence-electron chi connectivity index (χ3n) is 4.22. The Morgan fingerprint density at radius 1 is 1.00 bits per heavy atom. The molecule has 0 saturated heterocycles. The summed E-state index contributed by atoms with van der Waals surface area (Å²) >= 11 is 0. The maximum atomic E-state index is 12.0. The van der Waals surface area contributed by atoms with E-state index in [0.29, 0.717) is 24.2 Å². The van der Waals surface area contributed by atoms with E-state index in [4.69, 9.17) is 9.84 Å². The Balaban J connectivity index is 1.87. The number of aliphatic hydroxyl groups is 2. The molecule has 2 aromatic rings. The molecular formula is C21H24O6. The first-order valence-electron chi connectivity index (χ1n) is 8.62. The van der Waals surface area contributed by atoms with Crippen molar-refractivity contribution >= 4 is 5.78 Å². The standard InChI is InChI=1S/C21H24O6/c1-27-21-11-15(5-9-20(21)26)3-7-18(24)12-17(23)6-2-14-4-8-19(25)16(10-14)13-22/h4-5,8-12,22-23,25-26H,2-3,6-7,13H2,1H3/b17-12-. The van der Waals surface area contributed by atoms with Gasteiger partial charge in [0.1, 0.15) is 5.75 Å². The molecule has 0 radical (unpaired) electrons. The Morgan fingerprint density at radius 2 is 1.63 bits per heavy atom. The van der Waals surface area contributed by atoms with E-state index in [2.05, 4.69) is 0 Å². The zero-order chi connectivity index (χ0) is 19.8. The summed E-state index contributed by atoms with van der Waals surface area (Å²) in [6, 6.07) is 9.79. The second-order valence-electron chi connectivity index (χ2n) is 6.23. The lowest BCUT2D eigenvalue weighted by molar-refractivity contribution is -0.114. The van der Waals surface area contributed by atoms with Crippen LogP contribution in [0.3, 0.4) is 0 Å². The fourth-order valence-corrected chi connectivity index (χ4v) is 2.67. The van der Waals surface area contributed by atoms with E-state index >= 15 is 0 Å². The SMILES string of the molecule is COc1cc(CCC(=O)/C=C(\O)CCc2ccc(O)c(CO)c2)ccc1O. The summed E-state index contributed by atoms with van der Waals surface area (Å²) in [7, 11) is 1.46. The van der Waals surface area contributed by atoms with Gasteiger partial charge in [0.05, 0.1) is 19.5 Å². The molecule has 2 aromatic carbocycles. The molecule has 0 aliphatic rings. The monoisotopic (exact) mass is 372 g/mol. The highest BCUT2D eigenvalue weighted by Crippen LogP contribution is 2.26. The van der Waals surface area contributed by atoms with Crippen molar-refractivity contribution in [3.63, 3.8) is 0 Å². The summed E-state index contributed by atoms with van der Waals surface area (Å²) in [4.78, 5) is 12.0. The number of benzene rings is 2. The number of hydrogen-bond acceptors (Lipinski definition) is 6. The lowest BCUT2D eigenvalue weighted by Crippen LogP contribution is -2.00. The Labute approximate surface area is 158 Å². The minimum absolute atomic E-state index is 0.0121. The number of ketones is 1. The first-order chi connectivity index (χ1) is 12.9. The number of aromatic hydroxyl groups is 2. The number of methoxy groups -OCH3 is 1. The molecule has 6 nitrogen and oxygen atoms in total. The summed E-state index contributed by atoms with van der Waals surface area (Å²) < 4.78 is 5.04. The molecule has 0 saturated carbocycles. The highest BCUT2D eigenvalue weighted by molar-refractivity contribution is 5.90. The molecule has 0 aliphatic carbocycles. The van der Waals surface area contributed by atoms with Crippen LogP contribution < -0.4 is 4.74 Å². The van der Waals surface area contributed by atoms with Gasteiger partial charge in [-0.3, -0.25) is 4.79 Å². The van der Waals surface area contributed by atoms with Crippen molar-refractivity contribution < 1.29 is 30.0 Å². The lowest BCUT2D eigenvalue weighted by Gasteiger charge is -2.06. The number of phenolic OH excluding ortho intramolecular Hbond substituents is 1. The number of carbonyl (C=O) groups is 1. The van der Waals surface area contributed by atoms with Gasteiger partial charge in [-0.05, 0) is 48.2 Å². The first kappa shape index (κ1) is 20.3. The fourth-order valence-electron chi connectivity index (χ4n) is 2.67. The molecular weight excluding hydrogens is 348 g/mol. The third-order valence-corrected chi connectivity index (χ3v) is 4.22. The summed E-state index contributed by atoms with van der Waals surface area (Å²) in [6.07, 6.45) is 2.69. The average molecular weight is 372 g/mol. The van der Waals surface area contributed by atoms with Crippen LogP contribution in [0.1, 0.15) is 29.5 Å². The third kappa shape index (κ3) is 6.04. The number of allylic oxidation sites excluding steroid dienone is 2. The largest absolute Gasteiger partial charge is 0.512 e. The molecule has 0 bridgehead atoms. The molecule has 0 atom stereocenters. The van der Waals surface area contributed by atoms with Crippen LogP contribution in [0, 0.1) is 0 Å². The molecule has 2 rings (SSSR count). The first-order valence-corrected chi connectivity index (χ1v) is 8.62. The highest BCUT2D eigenvalue weighted by atomic mass is 16.5. The Morgan fingerprint density at radius 3 is 2.30 bits per heavy atom. The zero-order valence-electron chi connectivity index (χ0n) is 15.2. The molecule has 4 N–H and O–H groups in total. The van der Waals surface area contributed by atoms with Gasteiger partial charge >= 0.3 is 0 Å². The van der Waals surface area contributed by atoms with E-state index in [9.17, 15) is 20.1 Å². The van der Waals surface area contributed by atoms with Crippen LogP contribution in [0.2, 0.25) is 0 Å². The molecule has 0 fully saturated rings. The van der Waals surface area contributed by atoms with Crippen molar-refractivity contribution in [2.75, 3.05) is 7.11 Å². The zero-order valence-corrected chi connectivity index (χ0v) is 15.2. The maximum Gasteiger partial charge on any atom is 0.160 e. The van der Waals surface area contributed by atoms with Gasteiger partial charge in [-0.2, -0.15) is 0 Å². The van der Waals surface area contributed by atoms with Crippen molar-refractivity contribution in [3.05, 3.63) is 64.9 Å². The quantitative estimate of drug-likeness (QED) is 0.398. The van der Waals surface area contributed by atoms with Crippen molar-refractivity contribution in [2.24, 2.45) is 0 Å². The van der Waals surface area contributed by atoms with Crippen LogP contribution in [-0.4, -0.2) is 33.3 Å². The normalized spacial score (nSPS) is 11.4. The van der Waals surface area contributed by atoms with Crippen molar-refractivity contribution in [2.45, 2.75) is 32.3 Å². The number of phenols is 2. The van der Waals surface area contributed by atoms with E-state index in [0.717, 1.165) is 11.1 Å². The molecule has 0 aliphatic heterocycles. The van der Waals surface area contributed by atoms with Crippen LogP contribution >= 0.6 is 0 Å². The van der Waals surface area contributed by atoms with Gasteiger partial charge in [-0.1, -0.05) is 12.1 Å². The number of aryl methyl sites for hydroxylation is 2. The molecule has 0 unspecified atom stereocenters. The van der Waals surface area contributed by atoms with Gasteiger partial charge in [-0.15, -0.1) is 0 Å². The van der Waals surface area contributed by atoms with Gasteiger partial charge in [-0.25, -0.2) is 0 Å². The molecule has 0 heterocycles. The van der Waals surface area contributed by atoms with Gasteiger partial charge in [0, 0.05) is 24.5 Å². The van der Waals surface area contributed by atoms with Crippen LogP contribution in [0.25, 0.3) is 0 Å². The highest BCUT2D eigenvalue weighted by Gasteiger charge is 2.07. The number of ether oxygens (including phenoxy) is 1. The Kier molecular flexibility index (Phi) is 7.25. The summed E-state index contributed by atoms with van der Waals surface area (Å²) in [6.45, 7) is -0.262. The molecule has 0 spiro atoms. The summed E-state index contributed by atoms with van der Waals surface area (Å²) in [5.74, 6) is 0.225. The predicted octanol–water partition coefficient (Wildman–Crippen LogP) is 3.18. The molecule has 144 valence electrons. The fraction of sp³-hybridized carbons (Fsp3) is 0.286. The summed E-state index contributed by atoms with van der Waals surface area (Å²) in [5, 5.41) is 38.2. The van der Waals surface area contributed by atoms with Crippen LogP contribution in [0.5, 0.6) is 17.2 Å². The van der Waals surface area contributed by atoms with Crippen LogP contribution in [0.4, 0.5) is 0 Å². The number of aliphatic hydroxyl groups excluding tert-OH is 2. The van der Waals surface area contributed by atoms with Gasteiger partial charge in [0.25, 0.3) is 0 Å². The maximum absolute atomic E-state index is 12.0. The van der Waals surface area contributed by atoms with Crippen molar-refractivity contribution in [1.29, 1.82) is 0 Å². The van der Waals surface area contributed by atoms with Gasteiger partial charge in [0.15, 0.2) is 17.3 Å². The van der Waals surface area contributed by atoms with Crippen molar-refractivity contribution in [1.82, 2.24) is 0 Å². The number of rotatable bonds is 9. The number of carbonyl (C=O) groups excluding carboxylic acids is 1. The smallest absolute Gasteiger partial charge is 0.160 e. The molecule has 27 heavy (non-hydrogen) atoms. The van der Waals surface area contributed by atoms with E-state index in [1.807, 2.05) is 0 Å². The second-order valence-corrected chi connectivity index (χ2v) is 6.23. The van der Waals surface area contributed by atoms with Crippen molar-refractivity contribution in [3.8, 4) is 17.2 Å². The van der Waals surface area contributed by atoms with Gasteiger partial charge < -0.3 is 25.2 Å². The molecule has 0 aromatic heterocycles. The summed E-state index contributed by atoms with van der Waals surface area (Å²) in [5.41, 5.74) is 2.13.